The van der Waals surface area contributed by atoms with Gasteiger partial charge < -0.3 is 10.2 Å². The quantitative estimate of drug-likeness (QED) is 0.321. The highest BCUT2D eigenvalue weighted by atomic mass is 127. The molecule has 0 saturated carbocycles. The number of aryl methyl sites for hydroxylation is 2. The maximum Gasteiger partial charge on any atom is 0.222 e. The summed E-state index contributed by atoms with van der Waals surface area (Å²) in [7, 11) is 0. The van der Waals surface area contributed by atoms with E-state index in [-0.39, 0.29) is 11.9 Å². The van der Waals surface area contributed by atoms with Crippen molar-refractivity contribution in [1.82, 2.24) is 20.0 Å². The van der Waals surface area contributed by atoms with Gasteiger partial charge in [0.2, 0.25) is 5.91 Å². The predicted molar refractivity (Wildman–Crippen MR) is 117 cm³/mol. The number of carbonyl (C=O) groups is 1. The number of aromatic nitrogens is 2. The van der Waals surface area contributed by atoms with Gasteiger partial charge in [-0.05, 0) is 62.4 Å². The van der Waals surface area contributed by atoms with Gasteiger partial charge in [-0.2, -0.15) is 5.10 Å². The summed E-state index contributed by atoms with van der Waals surface area (Å²) in [5, 5.41) is 7.57. The lowest BCUT2D eigenvalue weighted by Crippen LogP contribution is -2.42. The Morgan fingerprint density at radius 3 is 2.35 bits per heavy atom. The van der Waals surface area contributed by atoms with Crippen LogP contribution in [0.15, 0.2) is 6.20 Å². The van der Waals surface area contributed by atoms with Crippen LogP contribution in [0.2, 0.25) is 0 Å². The third-order valence-electron chi connectivity index (χ3n) is 4.55. The summed E-state index contributed by atoms with van der Waals surface area (Å²) in [6.45, 7) is 12.5. The van der Waals surface area contributed by atoms with Crippen molar-refractivity contribution in [2.45, 2.75) is 85.2 Å². The lowest BCUT2D eigenvalue weighted by Gasteiger charge is -2.26. The molecule has 1 heterocycles. The van der Waals surface area contributed by atoms with Crippen molar-refractivity contribution in [1.29, 1.82) is 0 Å². The normalized spacial score (nSPS) is 12.5. The molecule has 1 unspecified atom stereocenters. The molecule has 1 amide bonds. The van der Waals surface area contributed by atoms with Crippen LogP contribution in [0.4, 0.5) is 0 Å². The molecule has 1 N–H and O–H groups in total. The van der Waals surface area contributed by atoms with E-state index in [0.29, 0.717) is 13.0 Å². The van der Waals surface area contributed by atoms with Gasteiger partial charge in [-0.1, -0.05) is 39.5 Å². The average Bonchev–Trinajstić information content (AvgIpc) is 2.91. The van der Waals surface area contributed by atoms with Crippen molar-refractivity contribution in [2.75, 3.05) is 19.6 Å². The number of nitrogens with one attached hydrogen (secondary N) is 1. The standard InChI is InChI=1S/C20H37IN4O/c1-5-7-9-12-24(13-10-8-6-2)15-17(3)22-20(26)11-14-25-16-19(21)18(4)23-25/h16-17H,5-15H2,1-4H3,(H,22,26). The van der Waals surface area contributed by atoms with Gasteiger partial charge in [0.05, 0.1) is 9.26 Å². The molecule has 1 atom stereocenters. The van der Waals surface area contributed by atoms with Gasteiger partial charge >= 0.3 is 0 Å². The van der Waals surface area contributed by atoms with Crippen LogP contribution in [-0.4, -0.2) is 46.3 Å². The SMILES string of the molecule is CCCCCN(CCCCC)CC(C)NC(=O)CCn1cc(I)c(C)n1. The summed E-state index contributed by atoms with van der Waals surface area (Å²) < 4.78 is 3.01. The highest BCUT2D eigenvalue weighted by Gasteiger charge is 2.13. The van der Waals surface area contributed by atoms with E-state index in [1.54, 1.807) is 0 Å². The first-order chi connectivity index (χ1) is 12.5. The molecule has 26 heavy (non-hydrogen) atoms. The first-order valence-corrected chi connectivity index (χ1v) is 11.2. The molecule has 0 aromatic carbocycles. The molecule has 0 fully saturated rings. The summed E-state index contributed by atoms with van der Waals surface area (Å²) >= 11 is 2.27. The fourth-order valence-corrected chi connectivity index (χ4v) is 3.50. The third kappa shape index (κ3) is 9.90. The van der Waals surface area contributed by atoms with E-state index in [1.807, 2.05) is 17.8 Å². The monoisotopic (exact) mass is 476 g/mol. The molecule has 0 bridgehead atoms. The largest absolute Gasteiger partial charge is 0.352 e. The van der Waals surface area contributed by atoms with E-state index in [1.165, 1.54) is 38.5 Å². The van der Waals surface area contributed by atoms with Crippen LogP contribution in [0.5, 0.6) is 0 Å². The molecular weight excluding hydrogens is 439 g/mol. The fourth-order valence-electron chi connectivity index (χ4n) is 3.07. The van der Waals surface area contributed by atoms with E-state index in [9.17, 15) is 4.79 Å². The highest BCUT2D eigenvalue weighted by molar-refractivity contribution is 14.1. The Bertz CT molecular complexity index is 488. The molecule has 0 aliphatic heterocycles. The Morgan fingerprint density at radius 1 is 1.23 bits per heavy atom. The second-order valence-electron chi connectivity index (χ2n) is 7.26. The number of rotatable bonds is 14. The zero-order valence-corrected chi connectivity index (χ0v) is 19.2. The Balaban J connectivity index is 2.36. The Morgan fingerprint density at radius 2 is 1.85 bits per heavy atom. The van der Waals surface area contributed by atoms with Crippen LogP contribution < -0.4 is 5.32 Å². The summed E-state index contributed by atoms with van der Waals surface area (Å²) in [5.74, 6) is 0.114. The molecule has 1 aromatic heterocycles. The second-order valence-corrected chi connectivity index (χ2v) is 8.42. The first-order valence-electron chi connectivity index (χ1n) is 10.2. The van der Waals surface area contributed by atoms with Crippen molar-refractivity contribution >= 4 is 28.5 Å². The zero-order chi connectivity index (χ0) is 19.4. The maximum atomic E-state index is 12.2. The number of amides is 1. The number of halogens is 1. The number of nitrogens with zero attached hydrogens (tertiary/aromatic N) is 3. The second kappa shape index (κ2) is 13.5. The van der Waals surface area contributed by atoms with Gasteiger partial charge in [-0.25, -0.2) is 0 Å². The van der Waals surface area contributed by atoms with Crippen molar-refractivity contribution < 1.29 is 4.79 Å². The smallest absolute Gasteiger partial charge is 0.222 e. The van der Waals surface area contributed by atoms with Gasteiger partial charge in [-0.3, -0.25) is 9.48 Å². The molecule has 0 aliphatic carbocycles. The molecule has 150 valence electrons. The van der Waals surface area contributed by atoms with Gasteiger partial charge in [0.25, 0.3) is 0 Å². The minimum atomic E-state index is 0.114. The van der Waals surface area contributed by atoms with Crippen LogP contribution >= 0.6 is 22.6 Å². The fraction of sp³-hybridized carbons (Fsp3) is 0.800. The van der Waals surface area contributed by atoms with E-state index < -0.39 is 0 Å². The van der Waals surface area contributed by atoms with Crippen LogP contribution in [0, 0.1) is 10.5 Å². The van der Waals surface area contributed by atoms with Crippen molar-refractivity contribution in [3.8, 4) is 0 Å². The van der Waals surface area contributed by atoms with E-state index >= 15 is 0 Å². The number of hydrogen-bond donors (Lipinski definition) is 1. The predicted octanol–water partition coefficient (Wildman–Crippen LogP) is 4.37. The molecule has 0 spiro atoms. The summed E-state index contributed by atoms with van der Waals surface area (Å²) in [5.41, 5.74) is 1.02. The van der Waals surface area contributed by atoms with Crippen molar-refractivity contribution in [3.05, 3.63) is 15.5 Å². The molecule has 1 aromatic rings. The Kier molecular flexibility index (Phi) is 12.2. The van der Waals surface area contributed by atoms with Gasteiger partial charge in [0.1, 0.15) is 0 Å². The minimum absolute atomic E-state index is 0.114. The van der Waals surface area contributed by atoms with Gasteiger partial charge in [-0.15, -0.1) is 0 Å². The minimum Gasteiger partial charge on any atom is -0.352 e. The van der Waals surface area contributed by atoms with E-state index in [4.69, 9.17) is 0 Å². The molecule has 6 heteroatoms. The summed E-state index contributed by atoms with van der Waals surface area (Å²) in [6, 6.07) is 0.185. The van der Waals surface area contributed by atoms with Crippen LogP contribution in [-0.2, 0) is 11.3 Å². The van der Waals surface area contributed by atoms with Gasteiger partial charge in [0.15, 0.2) is 0 Å². The Labute approximate surface area is 173 Å². The van der Waals surface area contributed by atoms with Crippen LogP contribution in [0.3, 0.4) is 0 Å². The van der Waals surface area contributed by atoms with E-state index in [0.717, 1.165) is 28.9 Å². The van der Waals surface area contributed by atoms with Crippen molar-refractivity contribution in [2.24, 2.45) is 0 Å². The number of hydrogen-bond acceptors (Lipinski definition) is 3. The van der Waals surface area contributed by atoms with Crippen molar-refractivity contribution in [3.63, 3.8) is 0 Å². The number of carbonyl (C=O) groups excluding carboxylic acids is 1. The molecule has 0 saturated heterocycles. The van der Waals surface area contributed by atoms with Crippen LogP contribution in [0.25, 0.3) is 0 Å². The maximum absolute atomic E-state index is 12.2. The zero-order valence-electron chi connectivity index (χ0n) is 17.1. The Hall–Kier alpha value is -0.630. The number of unbranched alkanes of at least 4 members (excludes halogenated alkanes) is 4. The molecule has 0 aliphatic rings. The van der Waals surface area contributed by atoms with Crippen LogP contribution in [0.1, 0.15) is 71.4 Å². The third-order valence-corrected chi connectivity index (χ3v) is 5.61. The lowest BCUT2D eigenvalue weighted by atomic mass is 10.2. The topological polar surface area (TPSA) is 50.2 Å². The molecular formula is C20H37IN4O. The summed E-state index contributed by atoms with van der Waals surface area (Å²) in [6.07, 6.45) is 10.0. The van der Waals surface area contributed by atoms with E-state index in [2.05, 4.69) is 58.7 Å². The highest BCUT2D eigenvalue weighted by Crippen LogP contribution is 2.09. The summed E-state index contributed by atoms with van der Waals surface area (Å²) in [4.78, 5) is 14.8. The molecule has 5 nitrogen and oxygen atoms in total. The molecule has 0 radical (unpaired) electrons. The van der Waals surface area contributed by atoms with Gasteiger partial charge in [0, 0.05) is 31.7 Å². The lowest BCUT2D eigenvalue weighted by molar-refractivity contribution is -0.122. The average molecular weight is 476 g/mol. The molecule has 1 rings (SSSR count). The first kappa shape index (κ1) is 23.4.